The van der Waals surface area contributed by atoms with Crippen molar-refractivity contribution in [2.24, 2.45) is 0 Å². The van der Waals surface area contributed by atoms with Crippen LogP contribution < -0.4 is 5.32 Å². The normalized spacial score (nSPS) is 11.3. The molecule has 0 saturated carbocycles. The summed E-state index contributed by atoms with van der Waals surface area (Å²) < 4.78 is 11.0. The summed E-state index contributed by atoms with van der Waals surface area (Å²) in [5.41, 5.74) is 0.439. The third-order valence-corrected chi connectivity index (χ3v) is 3.61. The van der Waals surface area contributed by atoms with Crippen LogP contribution in [0.1, 0.15) is 53.0 Å². The van der Waals surface area contributed by atoms with Gasteiger partial charge in [-0.1, -0.05) is 37.3 Å². The number of hydrogen-bond donors (Lipinski definition) is 2. The Morgan fingerprint density at radius 3 is 2.48 bits per heavy atom. The van der Waals surface area contributed by atoms with Crippen molar-refractivity contribution in [3.63, 3.8) is 0 Å². The molecule has 1 aromatic heterocycles. The maximum absolute atomic E-state index is 12.3. The highest BCUT2D eigenvalue weighted by molar-refractivity contribution is 5.96. The zero-order chi connectivity index (χ0) is 18.4. The lowest BCUT2D eigenvalue weighted by Crippen LogP contribution is -2.46. The lowest BCUT2D eigenvalue weighted by atomic mass is 10.1. The quantitative estimate of drug-likeness (QED) is 0.766. The molecule has 6 heteroatoms. The topological polar surface area (TPSA) is 88.8 Å². The van der Waals surface area contributed by atoms with Crippen molar-refractivity contribution < 1.29 is 23.8 Å². The molecule has 2 rings (SSSR count). The van der Waals surface area contributed by atoms with Crippen LogP contribution in [0.4, 0.5) is 0 Å². The van der Waals surface area contributed by atoms with E-state index in [1.54, 1.807) is 6.92 Å². The molecule has 2 aromatic rings. The second-order valence-electron chi connectivity index (χ2n) is 6.42. The van der Waals surface area contributed by atoms with Crippen molar-refractivity contribution in [3.8, 4) is 0 Å². The van der Waals surface area contributed by atoms with Gasteiger partial charge in [0.2, 0.25) is 0 Å². The molecule has 0 aliphatic carbocycles. The molecule has 0 spiro atoms. The first-order chi connectivity index (χ1) is 11.8. The predicted octanol–water partition coefficient (Wildman–Crippen LogP) is 3.27. The van der Waals surface area contributed by atoms with Crippen molar-refractivity contribution in [3.05, 3.63) is 59.0 Å². The molecular weight excluding hydrogens is 322 g/mol. The van der Waals surface area contributed by atoms with E-state index in [1.807, 2.05) is 44.2 Å². The Morgan fingerprint density at radius 2 is 1.92 bits per heavy atom. The summed E-state index contributed by atoms with van der Waals surface area (Å²) in [6.45, 7) is 6.19. The third-order valence-electron chi connectivity index (χ3n) is 3.61. The average Bonchev–Trinajstić information content (AvgIpc) is 3.00. The monoisotopic (exact) mass is 345 g/mol. The summed E-state index contributed by atoms with van der Waals surface area (Å²) in [6, 6.07) is 11.0. The number of aryl methyl sites for hydroxylation is 1. The Morgan fingerprint density at radius 1 is 1.24 bits per heavy atom. The van der Waals surface area contributed by atoms with Gasteiger partial charge in [-0.05, 0) is 19.4 Å². The standard InChI is InChI=1S/C19H23NO5/c1-4-15-14(18(22)23)10-16(25-15)17(21)20-19(2,3)12-24-11-13-8-6-5-7-9-13/h5-10H,4,11-12H2,1-3H3,(H,20,21)(H,22,23). The molecule has 1 aromatic carbocycles. The highest BCUT2D eigenvalue weighted by Crippen LogP contribution is 2.17. The Labute approximate surface area is 146 Å². The fraction of sp³-hybridized carbons (Fsp3) is 0.368. The van der Waals surface area contributed by atoms with E-state index in [-0.39, 0.29) is 17.1 Å². The van der Waals surface area contributed by atoms with Gasteiger partial charge in [-0.2, -0.15) is 0 Å². The molecular formula is C19H23NO5. The second kappa shape index (κ2) is 7.98. The molecule has 1 amide bonds. The molecule has 1 heterocycles. The van der Waals surface area contributed by atoms with E-state index in [0.717, 1.165) is 5.56 Å². The number of hydrogen-bond acceptors (Lipinski definition) is 4. The highest BCUT2D eigenvalue weighted by Gasteiger charge is 2.25. The van der Waals surface area contributed by atoms with Crippen molar-refractivity contribution in [2.45, 2.75) is 39.3 Å². The van der Waals surface area contributed by atoms with Gasteiger partial charge < -0.3 is 19.6 Å². The van der Waals surface area contributed by atoms with Crippen LogP contribution in [0.3, 0.4) is 0 Å². The summed E-state index contributed by atoms with van der Waals surface area (Å²) in [4.78, 5) is 23.5. The number of aromatic carboxylic acids is 1. The first-order valence-electron chi connectivity index (χ1n) is 8.12. The lowest BCUT2D eigenvalue weighted by Gasteiger charge is -2.25. The molecule has 2 N–H and O–H groups in total. The maximum atomic E-state index is 12.3. The SMILES string of the molecule is CCc1oc(C(=O)NC(C)(C)COCc2ccccc2)cc1C(=O)O. The number of benzene rings is 1. The van der Waals surface area contributed by atoms with E-state index in [2.05, 4.69) is 5.32 Å². The Kier molecular flexibility index (Phi) is 5.98. The zero-order valence-electron chi connectivity index (χ0n) is 14.7. The molecule has 0 saturated heterocycles. The van der Waals surface area contributed by atoms with Crippen molar-refractivity contribution in [1.82, 2.24) is 5.32 Å². The summed E-state index contributed by atoms with van der Waals surface area (Å²) in [7, 11) is 0. The van der Waals surface area contributed by atoms with E-state index in [4.69, 9.17) is 14.3 Å². The van der Waals surface area contributed by atoms with Gasteiger partial charge in [0.05, 0.1) is 18.8 Å². The van der Waals surface area contributed by atoms with Gasteiger partial charge in [-0.25, -0.2) is 4.79 Å². The van der Waals surface area contributed by atoms with Gasteiger partial charge in [-0.15, -0.1) is 0 Å². The fourth-order valence-corrected chi connectivity index (χ4v) is 2.39. The van der Waals surface area contributed by atoms with Crippen LogP contribution in [0.15, 0.2) is 40.8 Å². The van der Waals surface area contributed by atoms with Gasteiger partial charge in [0, 0.05) is 12.5 Å². The fourth-order valence-electron chi connectivity index (χ4n) is 2.39. The molecule has 0 unspecified atom stereocenters. The summed E-state index contributed by atoms with van der Waals surface area (Å²) >= 11 is 0. The van der Waals surface area contributed by atoms with Gasteiger partial charge in [0.1, 0.15) is 11.3 Å². The van der Waals surface area contributed by atoms with Crippen LogP contribution in [-0.4, -0.2) is 29.1 Å². The number of carboxylic acids is 1. The van der Waals surface area contributed by atoms with Gasteiger partial charge in [-0.3, -0.25) is 4.79 Å². The highest BCUT2D eigenvalue weighted by atomic mass is 16.5. The number of carbonyl (C=O) groups excluding carboxylic acids is 1. The molecule has 25 heavy (non-hydrogen) atoms. The zero-order valence-corrected chi connectivity index (χ0v) is 14.7. The van der Waals surface area contributed by atoms with Gasteiger partial charge in [0.15, 0.2) is 5.76 Å². The Balaban J connectivity index is 1.95. The number of amides is 1. The number of carboxylic acid groups (broad SMARTS) is 1. The molecule has 0 aliphatic heterocycles. The number of furan rings is 1. The molecule has 0 aliphatic rings. The average molecular weight is 345 g/mol. The summed E-state index contributed by atoms with van der Waals surface area (Å²) in [5.74, 6) is -1.29. The summed E-state index contributed by atoms with van der Waals surface area (Å²) in [6.07, 6.45) is 0.401. The second-order valence-corrected chi connectivity index (χ2v) is 6.42. The summed E-state index contributed by atoms with van der Waals surface area (Å²) in [5, 5.41) is 11.9. The van der Waals surface area contributed by atoms with Crippen molar-refractivity contribution in [1.29, 1.82) is 0 Å². The molecule has 0 atom stereocenters. The van der Waals surface area contributed by atoms with E-state index in [0.29, 0.717) is 19.6 Å². The number of carbonyl (C=O) groups is 2. The van der Waals surface area contributed by atoms with Crippen LogP contribution in [-0.2, 0) is 17.8 Å². The van der Waals surface area contributed by atoms with Crippen LogP contribution in [0, 0.1) is 0 Å². The van der Waals surface area contributed by atoms with Crippen LogP contribution in [0.25, 0.3) is 0 Å². The first kappa shape index (κ1) is 18.7. The van der Waals surface area contributed by atoms with E-state index < -0.39 is 17.4 Å². The number of rotatable bonds is 8. The number of ether oxygens (including phenoxy) is 1. The lowest BCUT2D eigenvalue weighted by molar-refractivity contribution is 0.0602. The van der Waals surface area contributed by atoms with E-state index in [1.165, 1.54) is 6.07 Å². The van der Waals surface area contributed by atoms with Crippen LogP contribution >= 0.6 is 0 Å². The van der Waals surface area contributed by atoms with Crippen molar-refractivity contribution >= 4 is 11.9 Å². The Hall–Kier alpha value is -2.60. The smallest absolute Gasteiger partial charge is 0.339 e. The number of nitrogens with one attached hydrogen (secondary N) is 1. The minimum absolute atomic E-state index is 0.00890. The predicted molar refractivity (Wildman–Crippen MR) is 92.7 cm³/mol. The van der Waals surface area contributed by atoms with Gasteiger partial charge >= 0.3 is 5.97 Å². The van der Waals surface area contributed by atoms with Crippen molar-refractivity contribution in [2.75, 3.05) is 6.61 Å². The minimum Gasteiger partial charge on any atom is -0.478 e. The van der Waals surface area contributed by atoms with Crippen LogP contribution in [0.2, 0.25) is 0 Å². The molecule has 134 valence electrons. The van der Waals surface area contributed by atoms with E-state index in [9.17, 15) is 9.59 Å². The largest absolute Gasteiger partial charge is 0.478 e. The minimum atomic E-state index is -1.11. The third kappa shape index (κ3) is 5.19. The molecule has 0 radical (unpaired) electrons. The molecule has 0 fully saturated rings. The molecule has 6 nitrogen and oxygen atoms in total. The maximum Gasteiger partial charge on any atom is 0.339 e. The first-order valence-corrected chi connectivity index (χ1v) is 8.12. The molecule has 0 bridgehead atoms. The van der Waals surface area contributed by atoms with Gasteiger partial charge in [0.25, 0.3) is 5.91 Å². The Bertz CT molecular complexity index is 734. The van der Waals surface area contributed by atoms with Crippen LogP contribution in [0.5, 0.6) is 0 Å². The van der Waals surface area contributed by atoms with E-state index >= 15 is 0 Å².